The highest BCUT2D eigenvalue weighted by atomic mass is 16.5. The second-order valence-corrected chi connectivity index (χ2v) is 22.2. The van der Waals surface area contributed by atoms with E-state index < -0.39 is 22.6 Å². The van der Waals surface area contributed by atoms with E-state index in [0.717, 1.165) is 56.9 Å². The number of carboxylic acid groups (broad SMARTS) is 1. The van der Waals surface area contributed by atoms with Crippen molar-refractivity contribution in [2.75, 3.05) is 21.3 Å². The highest BCUT2D eigenvalue weighted by molar-refractivity contribution is 5.99. The van der Waals surface area contributed by atoms with Crippen LogP contribution in [-0.4, -0.2) is 55.0 Å². The van der Waals surface area contributed by atoms with E-state index in [1.54, 1.807) is 44.6 Å². The lowest BCUT2D eigenvalue weighted by Gasteiger charge is -2.70. The Morgan fingerprint density at radius 3 is 2.11 bits per heavy atom. The van der Waals surface area contributed by atoms with Crippen LogP contribution in [-0.2, 0) is 9.59 Å². The lowest BCUT2D eigenvalue weighted by molar-refractivity contribution is -0.202. The van der Waals surface area contributed by atoms with Crippen LogP contribution in [0, 0.1) is 50.2 Å². The van der Waals surface area contributed by atoms with Gasteiger partial charge < -0.3 is 33.6 Å². The van der Waals surface area contributed by atoms with Crippen LogP contribution >= 0.6 is 0 Å². The maximum absolute atomic E-state index is 14.2. The fourth-order valence-electron chi connectivity index (χ4n) is 13.9. The number of fused-ring (bicyclic) bond motifs is 9. The van der Waals surface area contributed by atoms with Crippen molar-refractivity contribution in [1.29, 1.82) is 0 Å². The van der Waals surface area contributed by atoms with Crippen LogP contribution < -0.4 is 24.6 Å². The molecule has 0 bridgehead atoms. The number of allylic oxidation sites excluding steroid dienone is 2. The standard InChI is InChI=1S/C30H46O4.C23H22O6/c1-25(2)21-8-11-30(7)23(28(21,5)10-9-22(25)32)20(31)16-18-19-17-27(4,24(33)34)13-12-26(19,3)14-15-29(18,30)6;1-23(2)11-10-15-16(29-23)12-17-19(20(15)26-4)21(27-5)18(22(24)28-17)13-6-8-14(25-3)9-7-13/h16,19,21-23,32H,8-15,17H2,1-7H3,(H,33,34);6-12H,1-5H3. The van der Waals surface area contributed by atoms with E-state index in [4.69, 9.17) is 23.4 Å². The lowest BCUT2D eigenvalue weighted by Crippen LogP contribution is -2.66. The van der Waals surface area contributed by atoms with Crippen molar-refractivity contribution in [2.24, 2.45) is 50.2 Å². The van der Waals surface area contributed by atoms with E-state index in [0.29, 0.717) is 57.4 Å². The zero-order valence-electron chi connectivity index (χ0n) is 39.5. The third-order valence-electron chi connectivity index (χ3n) is 18.0. The average molecular weight is 865 g/mol. The summed E-state index contributed by atoms with van der Waals surface area (Å²) < 4.78 is 28.3. The maximum Gasteiger partial charge on any atom is 0.347 e. The molecule has 0 amide bonds. The molecule has 340 valence electrons. The van der Waals surface area contributed by atoms with Gasteiger partial charge >= 0.3 is 11.6 Å². The fraction of sp³-hybridized carbons (Fsp3) is 0.604. The van der Waals surface area contributed by atoms with Crippen molar-refractivity contribution in [3.63, 3.8) is 0 Å². The molecule has 9 unspecified atom stereocenters. The number of hydrogen-bond acceptors (Lipinski definition) is 9. The van der Waals surface area contributed by atoms with E-state index in [2.05, 4.69) is 41.5 Å². The maximum atomic E-state index is 14.2. The molecule has 1 aromatic heterocycles. The average Bonchev–Trinajstić information content (AvgIpc) is 3.22. The number of aliphatic hydroxyl groups is 1. The molecule has 1 aliphatic heterocycles. The summed E-state index contributed by atoms with van der Waals surface area (Å²) in [5.74, 6) is 2.25. The SMILES string of the molecule is CC1(C(=O)O)CCC2(C)CCC3(C)C(=CC(=O)C4C5(C)CCC(O)C(C)(C)C5CCC43C)C2C1.COc1ccc(-c2c(OC)c3c(OC)c4c(cc3oc2=O)OC(C)(C)C=C4)cc1. The Hall–Kier alpha value is -4.57. The zero-order chi connectivity index (χ0) is 45.9. The number of hydrogen-bond donors (Lipinski definition) is 2. The summed E-state index contributed by atoms with van der Waals surface area (Å²) in [4.78, 5) is 39.3. The molecule has 2 heterocycles. The molecular weight excluding hydrogens is 797 g/mol. The fourth-order valence-corrected chi connectivity index (χ4v) is 13.9. The molecule has 2 aromatic carbocycles. The van der Waals surface area contributed by atoms with Crippen molar-refractivity contribution in [3.8, 4) is 34.1 Å². The number of aliphatic hydroxyl groups excluding tert-OH is 1. The van der Waals surface area contributed by atoms with E-state index in [1.165, 1.54) is 12.7 Å². The van der Waals surface area contributed by atoms with Gasteiger partial charge in [0, 0.05) is 12.0 Å². The minimum atomic E-state index is -0.711. The number of aliphatic carboxylic acids is 1. The highest BCUT2D eigenvalue weighted by Crippen LogP contribution is 2.75. The summed E-state index contributed by atoms with van der Waals surface area (Å²) in [6.07, 6.45) is 13.9. The number of methoxy groups -OCH3 is 3. The number of rotatable bonds is 5. The van der Waals surface area contributed by atoms with Gasteiger partial charge in [-0.3, -0.25) is 9.59 Å². The number of ketones is 1. The first-order valence-corrected chi connectivity index (χ1v) is 22.9. The normalized spacial score (nSPS) is 35.8. The van der Waals surface area contributed by atoms with Crippen LogP contribution in [0.15, 0.2) is 57.3 Å². The van der Waals surface area contributed by atoms with Crippen LogP contribution in [0.25, 0.3) is 28.2 Å². The minimum Gasteiger partial charge on any atom is -0.497 e. The Morgan fingerprint density at radius 2 is 1.48 bits per heavy atom. The molecule has 10 heteroatoms. The van der Waals surface area contributed by atoms with Gasteiger partial charge in [-0.25, -0.2) is 4.79 Å². The number of carbonyl (C=O) groups is 2. The Kier molecular flexibility index (Phi) is 10.7. The first-order chi connectivity index (χ1) is 29.4. The van der Waals surface area contributed by atoms with Gasteiger partial charge in [0.15, 0.2) is 5.78 Å². The Labute approximate surface area is 372 Å². The number of benzene rings is 2. The summed E-state index contributed by atoms with van der Waals surface area (Å²) in [6.45, 7) is 19.7. The second-order valence-electron chi connectivity index (χ2n) is 22.2. The Balaban J connectivity index is 0.000000175. The predicted molar refractivity (Wildman–Crippen MR) is 244 cm³/mol. The third kappa shape index (κ3) is 6.69. The molecule has 6 aliphatic rings. The van der Waals surface area contributed by atoms with E-state index >= 15 is 0 Å². The van der Waals surface area contributed by atoms with Crippen molar-refractivity contribution >= 4 is 28.8 Å². The van der Waals surface area contributed by atoms with Crippen molar-refractivity contribution < 1.29 is 43.2 Å². The van der Waals surface area contributed by atoms with Crippen LogP contribution in [0.1, 0.15) is 126 Å². The van der Waals surface area contributed by atoms with Gasteiger partial charge in [-0.2, -0.15) is 0 Å². The number of carbonyl (C=O) groups excluding carboxylic acids is 1. The van der Waals surface area contributed by atoms with Crippen LogP contribution in [0.5, 0.6) is 23.0 Å². The minimum absolute atomic E-state index is 0.0296. The Morgan fingerprint density at radius 1 is 0.810 bits per heavy atom. The lowest BCUT2D eigenvalue weighted by atomic mass is 9.33. The van der Waals surface area contributed by atoms with Gasteiger partial charge in [-0.1, -0.05) is 59.2 Å². The monoisotopic (exact) mass is 864 g/mol. The molecule has 0 saturated heterocycles. The molecule has 5 aliphatic carbocycles. The second kappa shape index (κ2) is 15.0. The quantitative estimate of drug-likeness (QED) is 0.238. The first kappa shape index (κ1) is 45.0. The predicted octanol–water partition coefficient (Wildman–Crippen LogP) is 11.1. The van der Waals surface area contributed by atoms with E-state index in [-0.39, 0.29) is 50.8 Å². The largest absolute Gasteiger partial charge is 0.497 e. The number of carboxylic acids is 1. The molecular formula is C53H68O10. The Bertz CT molecular complexity index is 2470. The zero-order valence-corrected chi connectivity index (χ0v) is 39.5. The summed E-state index contributed by atoms with van der Waals surface area (Å²) in [6, 6.07) is 8.84. The topological polar surface area (TPSA) is 142 Å². The summed E-state index contributed by atoms with van der Waals surface area (Å²) in [7, 11) is 4.68. The summed E-state index contributed by atoms with van der Waals surface area (Å²) >= 11 is 0. The molecule has 0 spiro atoms. The van der Waals surface area contributed by atoms with E-state index in [9.17, 15) is 24.6 Å². The smallest absolute Gasteiger partial charge is 0.347 e. The van der Waals surface area contributed by atoms with Crippen LogP contribution in [0.3, 0.4) is 0 Å². The molecule has 4 saturated carbocycles. The third-order valence-corrected chi connectivity index (χ3v) is 18.0. The van der Waals surface area contributed by atoms with Gasteiger partial charge in [0.1, 0.15) is 45.1 Å². The van der Waals surface area contributed by atoms with Gasteiger partial charge in [-0.05, 0) is 153 Å². The molecule has 63 heavy (non-hydrogen) atoms. The summed E-state index contributed by atoms with van der Waals surface area (Å²) in [5, 5.41) is 21.5. The van der Waals surface area contributed by atoms with Crippen LogP contribution in [0.4, 0.5) is 0 Å². The van der Waals surface area contributed by atoms with Gasteiger partial charge in [-0.15, -0.1) is 0 Å². The van der Waals surface area contributed by atoms with Crippen molar-refractivity contribution in [2.45, 2.75) is 132 Å². The van der Waals surface area contributed by atoms with Crippen molar-refractivity contribution in [3.05, 3.63) is 64.0 Å². The first-order valence-electron chi connectivity index (χ1n) is 22.9. The van der Waals surface area contributed by atoms with Crippen LogP contribution in [0.2, 0.25) is 0 Å². The van der Waals surface area contributed by atoms with Crippen molar-refractivity contribution in [1.82, 2.24) is 0 Å². The molecule has 9 atom stereocenters. The molecule has 4 fully saturated rings. The number of ether oxygens (including phenoxy) is 4. The highest BCUT2D eigenvalue weighted by Gasteiger charge is 2.70. The summed E-state index contributed by atoms with van der Waals surface area (Å²) in [5.41, 5.74) is 1.25. The molecule has 2 N–H and O–H groups in total. The van der Waals surface area contributed by atoms with Gasteiger partial charge in [0.05, 0.1) is 38.4 Å². The van der Waals surface area contributed by atoms with Gasteiger partial charge in [0.25, 0.3) is 0 Å². The molecule has 0 radical (unpaired) electrons. The molecule has 3 aromatic rings. The van der Waals surface area contributed by atoms with Gasteiger partial charge in [0.2, 0.25) is 0 Å². The van der Waals surface area contributed by atoms with E-state index in [1.807, 2.05) is 39.0 Å². The molecule has 9 rings (SSSR count). The molecule has 10 nitrogen and oxygen atoms in total.